The molecule has 1 fully saturated rings. The van der Waals surface area contributed by atoms with E-state index in [1.165, 1.54) is 23.1 Å². The van der Waals surface area contributed by atoms with E-state index in [0.29, 0.717) is 28.7 Å². The number of carbonyl (C=O) groups excluding carboxylic acids is 3. The van der Waals surface area contributed by atoms with Crippen LogP contribution in [0.25, 0.3) is 11.0 Å². The molecule has 2 aliphatic rings. The van der Waals surface area contributed by atoms with E-state index < -0.39 is 40.3 Å². The van der Waals surface area contributed by atoms with Crippen molar-refractivity contribution in [3.05, 3.63) is 95.3 Å². The summed E-state index contributed by atoms with van der Waals surface area (Å²) < 4.78 is 34.9. The van der Waals surface area contributed by atoms with Gasteiger partial charge in [-0.2, -0.15) is 0 Å². The number of sulfonamides is 1. The summed E-state index contributed by atoms with van der Waals surface area (Å²) in [5, 5.41) is 2.96. The lowest BCUT2D eigenvalue weighted by Crippen LogP contribution is -2.50. The minimum Gasteiger partial charge on any atom is -0.376 e. The molecule has 4 aromatic rings. The van der Waals surface area contributed by atoms with Crippen molar-refractivity contribution in [3.63, 3.8) is 0 Å². The number of nitrogens with zero attached hydrogens (tertiary/aromatic N) is 4. The maximum atomic E-state index is 14.3. The SMILES string of the molecule is Cc1ccccc1CCN(C(=O)CN1C(=O)c2ccccc2S1(=O)=O)[C@@H](C(=O)NC[C@H]1CCCO1)c1nc2ccccc2n1C. The molecule has 0 aliphatic carbocycles. The van der Waals surface area contributed by atoms with Crippen LogP contribution in [-0.2, 0) is 37.8 Å². The van der Waals surface area contributed by atoms with Crippen molar-refractivity contribution < 1.29 is 27.5 Å². The molecule has 2 atom stereocenters. The number of ether oxygens (including phenoxy) is 1. The molecule has 0 unspecified atom stereocenters. The van der Waals surface area contributed by atoms with Crippen LogP contribution in [0.1, 0.15) is 46.2 Å². The third-order valence-corrected chi connectivity index (χ3v) is 10.3. The van der Waals surface area contributed by atoms with E-state index >= 15 is 0 Å². The Morgan fingerprint density at radius 2 is 1.80 bits per heavy atom. The van der Waals surface area contributed by atoms with Gasteiger partial charge in [-0.15, -0.1) is 0 Å². The van der Waals surface area contributed by atoms with E-state index in [9.17, 15) is 22.8 Å². The first-order valence-electron chi connectivity index (χ1n) is 15.0. The van der Waals surface area contributed by atoms with Crippen LogP contribution < -0.4 is 5.32 Å². The summed E-state index contributed by atoms with van der Waals surface area (Å²) in [5.74, 6) is -1.63. The molecule has 1 N–H and O–H groups in total. The number of hydrogen-bond acceptors (Lipinski definition) is 7. The van der Waals surface area contributed by atoms with Gasteiger partial charge in [-0.3, -0.25) is 14.4 Å². The normalized spacial score (nSPS) is 17.8. The summed E-state index contributed by atoms with van der Waals surface area (Å²) in [6.07, 6.45) is 1.95. The van der Waals surface area contributed by atoms with Gasteiger partial charge in [0.15, 0.2) is 6.04 Å². The van der Waals surface area contributed by atoms with Gasteiger partial charge in [-0.25, -0.2) is 17.7 Å². The molecule has 1 saturated heterocycles. The molecule has 1 aromatic heterocycles. The monoisotopic (exact) mass is 629 g/mol. The lowest BCUT2D eigenvalue weighted by atomic mass is 10.0. The zero-order valence-corrected chi connectivity index (χ0v) is 26.0. The zero-order chi connectivity index (χ0) is 31.7. The van der Waals surface area contributed by atoms with Gasteiger partial charge in [-0.05, 0) is 61.6 Å². The van der Waals surface area contributed by atoms with Crippen molar-refractivity contribution in [2.24, 2.45) is 7.05 Å². The summed E-state index contributed by atoms with van der Waals surface area (Å²) in [7, 11) is -2.48. The molecule has 0 bridgehead atoms. The second kappa shape index (κ2) is 12.4. The van der Waals surface area contributed by atoms with Crippen LogP contribution in [-0.4, -0.2) is 77.2 Å². The van der Waals surface area contributed by atoms with Crippen LogP contribution in [0.5, 0.6) is 0 Å². The lowest BCUT2D eigenvalue weighted by Gasteiger charge is -2.32. The van der Waals surface area contributed by atoms with E-state index in [2.05, 4.69) is 5.32 Å². The number of benzene rings is 3. The maximum Gasteiger partial charge on any atom is 0.269 e. The highest BCUT2D eigenvalue weighted by atomic mass is 32.2. The Morgan fingerprint density at radius 1 is 1.07 bits per heavy atom. The predicted octanol–water partition coefficient (Wildman–Crippen LogP) is 3.13. The molecule has 45 heavy (non-hydrogen) atoms. The van der Waals surface area contributed by atoms with Crippen LogP contribution in [0.4, 0.5) is 0 Å². The number of aryl methyl sites for hydroxylation is 2. The van der Waals surface area contributed by atoms with Crippen LogP contribution in [0, 0.1) is 6.92 Å². The number of nitrogens with one attached hydrogen (secondary N) is 1. The number of fused-ring (bicyclic) bond motifs is 2. The number of rotatable bonds is 10. The first kappa shape index (κ1) is 30.5. The van der Waals surface area contributed by atoms with Crippen molar-refractivity contribution in [1.29, 1.82) is 0 Å². The van der Waals surface area contributed by atoms with Gasteiger partial charge in [0.25, 0.3) is 21.8 Å². The smallest absolute Gasteiger partial charge is 0.269 e. The first-order valence-corrected chi connectivity index (χ1v) is 16.4. The number of imidazole rings is 1. The Labute approximate surface area is 261 Å². The van der Waals surface area contributed by atoms with Gasteiger partial charge in [0, 0.05) is 26.7 Å². The summed E-state index contributed by atoms with van der Waals surface area (Å²) >= 11 is 0. The average molecular weight is 630 g/mol. The Hall–Kier alpha value is -4.55. The minimum absolute atomic E-state index is 0.0120. The third-order valence-electron chi connectivity index (χ3n) is 8.55. The molecule has 12 heteroatoms. The molecule has 2 aliphatic heterocycles. The predicted molar refractivity (Wildman–Crippen MR) is 167 cm³/mol. The third kappa shape index (κ3) is 5.83. The molecule has 234 valence electrons. The summed E-state index contributed by atoms with van der Waals surface area (Å²) in [6, 6.07) is 19.8. The Morgan fingerprint density at radius 3 is 2.53 bits per heavy atom. The second-order valence-corrected chi connectivity index (χ2v) is 13.2. The van der Waals surface area contributed by atoms with E-state index in [0.717, 1.165) is 29.5 Å². The number of amides is 3. The van der Waals surface area contributed by atoms with Gasteiger partial charge in [-0.1, -0.05) is 48.5 Å². The van der Waals surface area contributed by atoms with Crippen LogP contribution in [0.2, 0.25) is 0 Å². The Bertz CT molecular complexity index is 1880. The molecule has 3 heterocycles. The summed E-state index contributed by atoms with van der Waals surface area (Å²) in [4.78, 5) is 47.7. The molecule has 6 rings (SSSR count). The molecule has 0 saturated carbocycles. The molecule has 0 radical (unpaired) electrons. The molecule has 11 nitrogen and oxygen atoms in total. The summed E-state index contributed by atoms with van der Waals surface area (Å²) in [6.45, 7) is 2.15. The Balaban J connectivity index is 1.39. The van der Waals surface area contributed by atoms with Crippen LogP contribution in [0.15, 0.2) is 77.7 Å². The molecule has 0 spiro atoms. The number of aromatic nitrogens is 2. The van der Waals surface area contributed by atoms with Crippen molar-refractivity contribution in [1.82, 2.24) is 24.1 Å². The Kier molecular flexibility index (Phi) is 8.43. The molecular formula is C33H35N5O6S. The quantitative estimate of drug-likeness (QED) is 0.285. The van der Waals surface area contributed by atoms with E-state index in [1.807, 2.05) is 55.5 Å². The topological polar surface area (TPSA) is 131 Å². The average Bonchev–Trinajstić information content (AvgIpc) is 3.73. The van der Waals surface area contributed by atoms with Crippen molar-refractivity contribution in [3.8, 4) is 0 Å². The van der Waals surface area contributed by atoms with Gasteiger partial charge < -0.3 is 19.5 Å². The van der Waals surface area contributed by atoms with Gasteiger partial charge >= 0.3 is 0 Å². The highest BCUT2D eigenvalue weighted by Gasteiger charge is 2.44. The molecule has 3 aromatic carbocycles. The fourth-order valence-electron chi connectivity index (χ4n) is 6.05. The second-order valence-electron chi connectivity index (χ2n) is 11.4. The number of para-hydroxylation sites is 2. The largest absolute Gasteiger partial charge is 0.376 e. The van der Waals surface area contributed by atoms with Crippen molar-refractivity contribution in [2.45, 2.75) is 43.2 Å². The fourth-order valence-corrected chi connectivity index (χ4v) is 7.57. The van der Waals surface area contributed by atoms with E-state index in [4.69, 9.17) is 9.72 Å². The number of carbonyl (C=O) groups is 3. The van der Waals surface area contributed by atoms with E-state index in [1.54, 1.807) is 17.7 Å². The standard InChI is InChI=1S/C33H35N5O6S/c1-22-10-3-4-11-23(22)17-18-37(29(39)21-38-33(41)25-13-5-8-16-28(25)45(38,42)43)30(32(40)34-20-24-12-9-19-44-24)31-35-26-14-6-7-15-27(26)36(31)2/h3-8,10-11,13-16,24,30H,9,12,17-21H2,1-2H3,(H,34,40)/t24-,30-/m1/s1. The molecular weight excluding hydrogens is 594 g/mol. The minimum atomic E-state index is -4.26. The summed E-state index contributed by atoms with van der Waals surface area (Å²) in [5.41, 5.74) is 3.41. The van der Waals surface area contributed by atoms with E-state index in [-0.39, 0.29) is 29.7 Å². The maximum absolute atomic E-state index is 14.3. The van der Waals surface area contributed by atoms with Crippen molar-refractivity contribution >= 4 is 38.8 Å². The van der Waals surface area contributed by atoms with Crippen LogP contribution in [0.3, 0.4) is 0 Å². The fraction of sp³-hybridized carbons (Fsp3) is 0.333. The number of hydrogen-bond donors (Lipinski definition) is 1. The van der Waals surface area contributed by atoms with Crippen molar-refractivity contribution in [2.75, 3.05) is 26.2 Å². The zero-order valence-electron chi connectivity index (χ0n) is 25.2. The van der Waals surface area contributed by atoms with Crippen LogP contribution >= 0.6 is 0 Å². The van der Waals surface area contributed by atoms with Gasteiger partial charge in [0.05, 0.1) is 22.7 Å². The van der Waals surface area contributed by atoms with Gasteiger partial charge in [0.1, 0.15) is 17.3 Å². The highest BCUT2D eigenvalue weighted by molar-refractivity contribution is 7.90. The highest BCUT2D eigenvalue weighted by Crippen LogP contribution is 2.31. The lowest BCUT2D eigenvalue weighted by molar-refractivity contribution is -0.141. The molecule has 3 amide bonds. The van der Waals surface area contributed by atoms with Gasteiger partial charge in [0.2, 0.25) is 5.91 Å². The first-order chi connectivity index (χ1) is 21.7.